The van der Waals surface area contributed by atoms with Gasteiger partial charge in [-0.15, -0.1) is 0 Å². The Hall–Kier alpha value is -2.03. The molecule has 0 aliphatic rings. The quantitative estimate of drug-likeness (QED) is 0.641. The predicted octanol–water partition coefficient (Wildman–Crippen LogP) is 5.28. The van der Waals surface area contributed by atoms with E-state index < -0.39 is 22.7 Å². The van der Waals surface area contributed by atoms with E-state index in [1.165, 1.54) is 11.0 Å². The zero-order chi connectivity index (χ0) is 20.2. The van der Waals surface area contributed by atoms with Crippen molar-refractivity contribution in [2.75, 3.05) is 24.2 Å². The molecule has 0 saturated heterocycles. The fourth-order valence-electron chi connectivity index (χ4n) is 2.08. The van der Waals surface area contributed by atoms with Crippen LogP contribution in [0.1, 0.15) is 5.56 Å². The number of para-hydroxylation sites is 1. The fraction of sp³-hybridized carbons (Fsp3) is 0.176. The smallest absolute Gasteiger partial charge is 0.343 e. The molecule has 0 unspecified atom stereocenters. The number of benzene rings is 2. The van der Waals surface area contributed by atoms with Crippen molar-refractivity contribution in [3.8, 4) is 0 Å². The average Bonchev–Trinajstić information content (AvgIpc) is 2.57. The van der Waals surface area contributed by atoms with Gasteiger partial charge in [-0.3, -0.25) is 4.79 Å². The molecule has 10 heteroatoms. The van der Waals surface area contributed by atoms with Gasteiger partial charge in [-0.05, 0) is 42.5 Å². The van der Waals surface area contributed by atoms with Crippen LogP contribution in [0.3, 0.4) is 0 Å². The van der Waals surface area contributed by atoms with Crippen molar-refractivity contribution in [2.45, 2.75) is 6.18 Å². The Balaban J connectivity index is 1.99. The monoisotopic (exact) mass is 435 g/mol. The number of alkyl halides is 3. The number of hydrogen-bond acceptors (Lipinski definition) is 2. The van der Waals surface area contributed by atoms with Crippen LogP contribution in [0.25, 0.3) is 0 Å². The van der Waals surface area contributed by atoms with Crippen molar-refractivity contribution in [2.24, 2.45) is 0 Å². The molecule has 0 fully saturated rings. The number of nitrogens with zero attached hydrogens (tertiary/aromatic N) is 1. The average molecular weight is 436 g/mol. The summed E-state index contributed by atoms with van der Waals surface area (Å²) in [6.07, 6.45) is -4.62. The lowest BCUT2D eigenvalue weighted by Crippen LogP contribution is -2.37. The number of likely N-dealkylation sites (N-methyl/N-ethyl adjacent to an activating group) is 1. The molecule has 0 aliphatic carbocycles. The third-order valence-corrected chi connectivity index (χ3v) is 4.47. The Morgan fingerprint density at radius 3 is 2.41 bits per heavy atom. The van der Waals surface area contributed by atoms with Gasteiger partial charge >= 0.3 is 6.18 Å². The van der Waals surface area contributed by atoms with Gasteiger partial charge in [-0.25, -0.2) is 0 Å². The lowest BCUT2D eigenvalue weighted by Gasteiger charge is -2.21. The number of amides is 1. The third kappa shape index (κ3) is 5.98. The minimum atomic E-state index is -4.62. The van der Waals surface area contributed by atoms with E-state index in [9.17, 15) is 18.0 Å². The van der Waals surface area contributed by atoms with Crippen LogP contribution in [0.15, 0.2) is 42.5 Å². The highest BCUT2D eigenvalue weighted by Gasteiger charge is 2.33. The molecule has 0 saturated carbocycles. The highest BCUT2D eigenvalue weighted by atomic mass is 35.5. The Labute approximate surface area is 169 Å². The Kier molecular flexibility index (Phi) is 6.91. The summed E-state index contributed by atoms with van der Waals surface area (Å²) in [5.74, 6) is -0.545. The van der Waals surface area contributed by atoms with Crippen molar-refractivity contribution in [1.29, 1.82) is 0 Å². The summed E-state index contributed by atoms with van der Waals surface area (Å²) < 4.78 is 38.6. The van der Waals surface area contributed by atoms with Gasteiger partial charge in [0.2, 0.25) is 5.91 Å². The molecule has 144 valence electrons. The van der Waals surface area contributed by atoms with E-state index >= 15 is 0 Å². The summed E-state index contributed by atoms with van der Waals surface area (Å²) in [4.78, 5) is 13.5. The molecular formula is C17H14Cl2F3N3OS. The van der Waals surface area contributed by atoms with Crippen LogP contribution in [0.5, 0.6) is 0 Å². The van der Waals surface area contributed by atoms with E-state index in [0.717, 1.165) is 12.1 Å². The topological polar surface area (TPSA) is 44.4 Å². The number of anilines is 2. The third-order valence-electron chi connectivity index (χ3n) is 3.40. The number of carbonyl (C=O) groups excluding carboxylic acids is 1. The molecule has 0 aromatic heterocycles. The van der Waals surface area contributed by atoms with Crippen LogP contribution in [0, 0.1) is 0 Å². The van der Waals surface area contributed by atoms with Gasteiger partial charge in [0.1, 0.15) is 0 Å². The van der Waals surface area contributed by atoms with Gasteiger partial charge in [-0.1, -0.05) is 35.3 Å². The highest BCUT2D eigenvalue weighted by Crippen LogP contribution is 2.36. The molecule has 2 N–H and O–H groups in total. The first-order valence-electron chi connectivity index (χ1n) is 7.51. The van der Waals surface area contributed by atoms with Crippen molar-refractivity contribution < 1.29 is 18.0 Å². The van der Waals surface area contributed by atoms with E-state index in [4.69, 9.17) is 35.4 Å². The molecule has 1 amide bonds. The van der Waals surface area contributed by atoms with Gasteiger partial charge in [-0.2, -0.15) is 13.2 Å². The second kappa shape index (κ2) is 8.77. The van der Waals surface area contributed by atoms with Crippen molar-refractivity contribution in [3.05, 3.63) is 58.1 Å². The fourth-order valence-corrected chi connectivity index (χ4v) is 2.66. The molecule has 2 aromatic rings. The zero-order valence-corrected chi connectivity index (χ0v) is 16.2. The number of hydrogen-bond donors (Lipinski definition) is 2. The highest BCUT2D eigenvalue weighted by molar-refractivity contribution is 7.80. The molecule has 0 heterocycles. The van der Waals surface area contributed by atoms with Gasteiger partial charge in [0.05, 0.1) is 27.8 Å². The Bertz CT molecular complexity index is 862. The Morgan fingerprint density at radius 2 is 1.78 bits per heavy atom. The maximum absolute atomic E-state index is 12.9. The molecule has 0 atom stereocenters. The molecule has 0 bridgehead atoms. The van der Waals surface area contributed by atoms with E-state index in [1.807, 2.05) is 0 Å². The number of rotatable bonds is 4. The van der Waals surface area contributed by atoms with Gasteiger partial charge < -0.3 is 15.5 Å². The van der Waals surface area contributed by atoms with Crippen LogP contribution in [-0.4, -0.2) is 29.5 Å². The van der Waals surface area contributed by atoms with E-state index in [1.54, 1.807) is 31.3 Å². The molecule has 27 heavy (non-hydrogen) atoms. The second-order valence-electron chi connectivity index (χ2n) is 5.51. The summed E-state index contributed by atoms with van der Waals surface area (Å²) in [5.41, 5.74) is -0.467. The Morgan fingerprint density at radius 1 is 1.11 bits per heavy atom. The molecule has 0 aliphatic heterocycles. The van der Waals surface area contributed by atoms with Crippen LogP contribution in [0.2, 0.25) is 10.0 Å². The van der Waals surface area contributed by atoms with E-state index in [-0.39, 0.29) is 17.3 Å². The van der Waals surface area contributed by atoms with Crippen molar-refractivity contribution in [1.82, 2.24) is 4.90 Å². The minimum absolute atomic E-state index is 0.0184. The molecule has 2 aromatic carbocycles. The maximum atomic E-state index is 12.9. The van der Waals surface area contributed by atoms with Crippen LogP contribution < -0.4 is 10.6 Å². The largest absolute Gasteiger partial charge is 0.417 e. The first kappa shape index (κ1) is 21.3. The van der Waals surface area contributed by atoms with Crippen LogP contribution in [0.4, 0.5) is 24.5 Å². The molecule has 2 rings (SSSR count). The van der Waals surface area contributed by atoms with Gasteiger partial charge in [0.15, 0.2) is 5.11 Å². The summed E-state index contributed by atoms with van der Waals surface area (Å²) >= 11 is 16.8. The lowest BCUT2D eigenvalue weighted by atomic mass is 10.2. The standard InChI is InChI=1S/C17H14Cl2F3N3OS/c1-25(16(27)24-14-5-3-2-4-13(14)19)9-15(26)23-10-6-7-12(18)11(8-10)17(20,21)22/h2-8H,9H2,1H3,(H,23,26)(H,24,27). The number of halogens is 5. The lowest BCUT2D eigenvalue weighted by molar-refractivity contribution is -0.137. The summed E-state index contributed by atoms with van der Waals surface area (Å²) in [5, 5.41) is 5.53. The molecule has 0 radical (unpaired) electrons. The first-order valence-corrected chi connectivity index (χ1v) is 8.67. The normalized spacial score (nSPS) is 11.0. The number of thiocarbonyl (C=S) groups is 1. The maximum Gasteiger partial charge on any atom is 0.417 e. The van der Waals surface area contributed by atoms with Crippen molar-refractivity contribution >= 4 is 57.8 Å². The second-order valence-corrected chi connectivity index (χ2v) is 6.71. The molecular weight excluding hydrogens is 422 g/mol. The van der Waals surface area contributed by atoms with Gasteiger partial charge in [0, 0.05) is 12.7 Å². The molecule has 4 nitrogen and oxygen atoms in total. The minimum Gasteiger partial charge on any atom is -0.343 e. The zero-order valence-electron chi connectivity index (χ0n) is 13.9. The first-order chi connectivity index (χ1) is 12.6. The number of carbonyl (C=O) groups is 1. The summed E-state index contributed by atoms with van der Waals surface area (Å²) in [7, 11) is 1.56. The SMILES string of the molecule is CN(CC(=O)Nc1ccc(Cl)c(C(F)(F)F)c1)C(=S)Nc1ccccc1Cl. The van der Waals surface area contributed by atoms with Gasteiger partial charge in [0.25, 0.3) is 0 Å². The molecule has 0 spiro atoms. The van der Waals surface area contributed by atoms with E-state index in [0.29, 0.717) is 10.7 Å². The number of nitrogens with one attached hydrogen (secondary N) is 2. The summed E-state index contributed by atoms with van der Waals surface area (Å²) in [6, 6.07) is 10.1. The van der Waals surface area contributed by atoms with E-state index in [2.05, 4.69) is 10.6 Å². The van der Waals surface area contributed by atoms with Crippen LogP contribution >= 0.6 is 35.4 Å². The van der Waals surface area contributed by atoms with Crippen molar-refractivity contribution in [3.63, 3.8) is 0 Å². The summed E-state index contributed by atoms with van der Waals surface area (Å²) in [6.45, 7) is -0.180. The predicted molar refractivity (Wildman–Crippen MR) is 105 cm³/mol. The van der Waals surface area contributed by atoms with Crippen LogP contribution in [-0.2, 0) is 11.0 Å².